The van der Waals surface area contributed by atoms with E-state index in [4.69, 9.17) is 0 Å². The number of rotatable bonds is 3. The minimum atomic E-state index is 0.123. The van der Waals surface area contributed by atoms with Crippen molar-refractivity contribution in [2.24, 2.45) is 0 Å². The minimum absolute atomic E-state index is 0.123. The summed E-state index contributed by atoms with van der Waals surface area (Å²) in [5, 5.41) is 0. The van der Waals surface area contributed by atoms with E-state index in [1.165, 1.54) is 9.13 Å². The second-order valence-corrected chi connectivity index (χ2v) is 7.30. The molecule has 0 amide bonds. The first-order valence-corrected chi connectivity index (χ1v) is 7.82. The molecule has 2 aromatic rings. The molecule has 0 unspecified atom stereocenters. The lowest BCUT2D eigenvalue weighted by Crippen LogP contribution is -2.11. The van der Waals surface area contributed by atoms with Crippen LogP contribution in [0.1, 0.15) is 42.3 Å². The van der Waals surface area contributed by atoms with Gasteiger partial charge in [0.25, 0.3) is 0 Å². The molecule has 0 aliphatic carbocycles. The first kappa shape index (κ1) is 15.2. The summed E-state index contributed by atoms with van der Waals surface area (Å²) in [7, 11) is 0. The van der Waals surface area contributed by atoms with Gasteiger partial charge in [-0.15, -0.1) is 0 Å². The van der Waals surface area contributed by atoms with Gasteiger partial charge in [0.2, 0.25) is 0 Å². The third-order valence-electron chi connectivity index (χ3n) is 3.35. The first-order chi connectivity index (χ1) is 9.36. The third-order valence-corrected chi connectivity index (χ3v) is 4.07. The summed E-state index contributed by atoms with van der Waals surface area (Å²) in [6.07, 6.45) is 0.464. The van der Waals surface area contributed by atoms with Gasteiger partial charge in [0.05, 0.1) is 0 Å². The molecule has 0 N–H and O–H groups in total. The fourth-order valence-corrected chi connectivity index (χ4v) is 2.41. The van der Waals surface area contributed by atoms with Crippen molar-refractivity contribution in [1.29, 1.82) is 0 Å². The zero-order chi connectivity index (χ0) is 14.8. The van der Waals surface area contributed by atoms with Crippen LogP contribution in [0.3, 0.4) is 0 Å². The Morgan fingerprint density at radius 1 is 0.950 bits per heavy atom. The maximum Gasteiger partial charge on any atom is 0.167 e. The second-order valence-electron chi connectivity index (χ2n) is 6.05. The largest absolute Gasteiger partial charge is 0.294 e. The highest BCUT2D eigenvalue weighted by Crippen LogP contribution is 2.22. The number of ketones is 1. The second kappa shape index (κ2) is 6.08. The van der Waals surface area contributed by atoms with Crippen molar-refractivity contribution in [3.8, 4) is 0 Å². The maximum atomic E-state index is 12.3. The quantitative estimate of drug-likeness (QED) is 0.542. The van der Waals surface area contributed by atoms with Gasteiger partial charge < -0.3 is 0 Å². The van der Waals surface area contributed by atoms with Gasteiger partial charge in [0.15, 0.2) is 5.78 Å². The first-order valence-electron chi connectivity index (χ1n) is 6.74. The molecule has 0 bridgehead atoms. The van der Waals surface area contributed by atoms with Crippen LogP contribution in [0.5, 0.6) is 0 Å². The Labute approximate surface area is 134 Å². The van der Waals surface area contributed by atoms with Crippen LogP contribution in [0, 0.1) is 3.57 Å². The van der Waals surface area contributed by atoms with Crippen molar-refractivity contribution in [3.63, 3.8) is 0 Å². The lowest BCUT2D eigenvalue weighted by Gasteiger charge is -2.19. The molecule has 0 radical (unpaired) electrons. The lowest BCUT2D eigenvalue weighted by atomic mass is 9.86. The van der Waals surface area contributed by atoms with Crippen LogP contribution in [0.2, 0.25) is 0 Å². The molecule has 0 aliphatic heterocycles. The van der Waals surface area contributed by atoms with Gasteiger partial charge in [0.1, 0.15) is 0 Å². The molecule has 2 aromatic carbocycles. The van der Waals surface area contributed by atoms with Crippen molar-refractivity contribution in [3.05, 3.63) is 68.8 Å². The monoisotopic (exact) mass is 378 g/mol. The Kier molecular flexibility index (Phi) is 4.63. The fourth-order valence-electron chi connectivity index (χ4n) is 2.05. The molecule has 1 nitrogen and oxygen atoms in total. The Balaban J connectivity index is 2.11. The van der Waals surface area contributed by atoms with Crippen LogP contribution in [0.15, 0.2) is 48.5 Å². The summed E-state index contributed by atoms with van der Waals surface area (Å²) < 4.78 is 1.19. The summed E-state index contributed by atoms with van der Waals surface area (Å²) in [4.78, 5) is 12.3. The molecule has 0 spiro atoms. The number of halogens is 1. The lowest BCUT2D eigenvalue weighted by molar-refractivity contribution is 0.0993. The fraction of sp³-hybridized carbons (Fsp3) is 0.278. The average molecular weight is 378 g/mol. The maximum absolute atomic E-state index is 12.3. The van der Waals surface area contributed by atoms with Crippen LogP contribution >= 0.6 is 22.6 Å². The molecular formula is C18H19IO. The predicted molar refractivity (Wildman–Crippen MR) is 92.3 cm³/mol. The standard InChI is InChI=1S/C18H19IO/c1-18(2,3)15-8-6-14(7-9-15)17(20)12-13-4-10-16(19)11-5-13/h4-11H,12H2,1-3H3. The highest BCUT2D eigenvalue weighted by molar-refractivity contribution is 14.1. The van der Waals surface area contributed by atoms with Crippen LogP contribution in [-0.2, 0) is 11.8 Å². The van der Waals surface area contributed by atoms with Crippen LogP contribution in [0.25, 0.3) is 0 Å². The zero-order valence-electron chi connectivity index (χ0n) is 12.1. The van der Waals surface area contributed by atoms with Gasteiger partial charge in [0, 0.05) is 15.6 Å². The number of carbonyl (C=O) groups excluding carboxylic acids is 1. The van der Waals surface area contributed by atoms with Crippen molar-refractivity contribution in [2.45, 2.75) is 32.6 Å². The van der Waals surface area contributed by atoms with E-state index < -0.39 is 0 Å². The van der Waals surface area contributed by atoms with Gasteiger partial charge in [-0.05, 0) is 51.3 Å². The van der Waals surface area contributed by atoms with E-state index in [0.717, 1.165) is 11.1 Å². The van der Waals surface area contributed by atoms with E-state index in [-0.39, 0.29) is 11.2 Å². The minimum Gasteiger partial charge on any atom is -0.294 e. The highest BCUT2D eigenvalue weighted by atomic mass is 127. The molecule has 0 heterocycles. The van der Waals surface area contributed by atoms with E-state index in [1.807, 2.05) is 36.4 Å². The normalized spacial score (nSPS) is 11.4. The molecular weight excluding hydrogens is 359 g/mol. The summed E-state index contributed by atoms with van der Waals surface area (Å²) in [6.45, 7) is 6.53. The molecule has 20 heavy (non-hydrogen) atoms. The van der Waals surface area contributed by atoms with Crippen molar-refractivity contribution >= 4 is 28.4 Å². The Bertz CT molecular complexity index is 589. The molecule has 0 atom stereocenters. The Morgan fingerprint density at radius 3 is 2.00 bits per heavy atom. The number of hydrogen-bond acceptors (Lipinski definition) is 1. The van der Waals surface area contributed by atoms with Crippen LogP contribution < -0.4 is 0 Å². The summed E-state index contributed by atoms with van der Waals surface area (Å²) in [5.41, 5.74) is 3.23. The van der Waals surface area contributed by atoms with E-state index in [1.54, 1.807) is 0 Å². The van der Waals surface area contributed by atoms with E-state index >= 15 is 0 Å². The van der Waals surface area contributed by atoms with E-state index in [9.17, 15) is 4.79 Å². The number of benzene rings is 2. The van der Waals surface area contributed by atoms with E-state index in [2.05, 4.69) is 55.5 Å². The van der Waals surface area contributed by atoms with Gasteiger partial charge in [-0.25, -0.2) is 0 Å². The Hall–Kier alpha value is -1.16. The molecule has 2 rings (SSSR count). The van der Waals surface area contributed by atoms with Gasteiger partial charge >= 0.3 is 0 Å². The number of hydrogen-bond donors (Lipinski definition) is 0. The smallest absolute Gasteiger partial charge is 0.167 e. The topological polar surface area (TPSA) is 17.1 Å². The molecule has 0 aliphatic rings. The highest BCUT2D eigenvalue weighted by Gasteiger charge is 2.14. The predicted octanol–water partition coefficient (Wildman–Crippen LogP) is 5.01. The third kappa shape index (κ3) is 3.92. The summed E-state index contributed by atoms with van der Waals surface area (Å²) in [5.74, 6) is 0.173. The van der Waals surface area contributed by atoms with Crippen molar-refractivity contribution in [1.82, 2.24) is 0 Å². The molecule has 2 heteroatoms. The molecule has 0 fully saturated rings. The van der Waals surface area contributed by atoms with Gasteiger partial charge in [-0.2, -0.15) is 0 Å². The van der Waals surface area contributed by atoms with Crippen molar-refractivity contribution < 1.29 is 4.79 Å². The van der Waals surface area contributed by atoms with Gasteiger partial charge in [-0.1, -0.05) is 57.2 Å². The van der Waals surface area contributed by atoms with Crippen molar-refractivity contribution in [2.75, 3.05) is 0 Å². The Morgan fingerprint density at radius 2 is 1.50 bits per heavy atom. The van der Waals surface area contributed by atoms with E-state index in [0.29, 0.717) is 6.42 Å². The molecule has 104 valence electrons. The SMILES string of the molecule is CC(C)(C)c1ccc(C(=O)Cc2ccc(I)cc2)cc1. The molecule has 0 saturated heterocycles. The van der Waals surface area contributed by atoms with Gasteiger partial charge in [-0.3, -0.25) is 4.79 Å². The van der Waals surface area contributed by atoms with Crippen LogP contribution in [-0.4, -0.2) is 5.78 Å². The molecule has 0 aromatic heterocycles. The number of Topliss-reactive ketones (excluding diaryl/α,β-unsaturated/α-hetero) is 1. The number of carbonyl (C=O) groups is 1. The summed E-state index contributed by atoms with van der Waals surface area (Å²) in [6, 6.07) is 16.1. The summed E-state index contributed by atoms with van der Waals surface area (Å²) >= 11 is 2.27. The average Bonchev–Trinajstić information content (AvgIpc) is 2.40. The zero-order valence-corrected chi connectivity index (χ0v) is 14.3. The van der Waals surface area contributed by atoms with Crippen LogP contribution in [0.4, 0.5) is 0 Å². The molecule has 0 saturated carbocycles.